The second kappa shape index (κ2) is 8.71. The number of carbonyl (C=O) groups is 1. The first-order chi connectivity index (χ1) is 15.1. The summed E-state index contributed by atoms with van der Waals surface area (Å²) < 4.78 is 0. The standard InChI is InChI=1S/C24H30N4O2S/c1-16-9-12-31-21(16)15-27-11-8-19-18(14-27)24(30)26-23(25-19)20-7-4-10-28(20)22(29)13-17-5-2-3-6-17/h2,5,9,12,17,20H,3-4,6-8,10-11,13-15H2,1H3,(H,25,26,30)/t17-,20+/m0/s1. The van der Waals surface area contributed by atoms with Gasteiger partial charge in [0.05, 0.1) is 17.3 Å². The molecule has 1 aliphatic carbocycles. The number of carbonyl (C=O) groups excluding carboxylic acids is 1. The Hall–Kier alpha value is -2.25. The largest absolute Gasteiger partial charge is 0.332 e. The van der Waals surface area contributed by atoms with Crippen molar-refractivity contribution in [1.29, 1.82) is 0 Å². The molecular weight excluding hydrogens is 408 g/mol. The Labute approximate surface area is 187 Å². The zero-order valence-corrected chi connectivity index (χ0v) is 18.9. The molecular formula is C24H30N4O2S. The van der Waals surface area contributed by atoms with Gasteiger partial charge in [0.15, 0.2) is 0 Å². The van der Waals surface area contributed by atoms with Crippen LogP contribution in [0.4, 0.5) is 0 Å². The number of hydrogen-bond acceptors (Lipinski definition) is 5. The fourth-order valence-electron chi connectivity index (χ4n) is 5.12. The Kier molecular flexibility index (Phi) is 5.80. The van der Waals surface area contributed by atoms with Crippen molar-refractivity contribution in [2.75, 3.05) is 13.1 Å². The van der Waals surface area contributed by atoms with Gasteiger partial charge in [-0.2, -0.15) is 0 Å². The van der Waals surface area contributed by atoms with E-state index in [1.54, 1.807) is 11.3 Å². The predicted octanol–water partition coefficient (Wildman–Crippen LogP) is 3.72. The maximum absolute atomic E-state index is 13.0. The van der Waals surface area contributed by atoms with E-state index in [9.17, 15) is 9.59 Å². The summed E-state index contributed by atoms with van der Waals surface area (Å²) in [6.07, 6.45) is 9.67. The number of fused-ring (bicyclic) bond motifs is 1. The van der Waals surface area contributed by atoms with Crippen LogP contribution in [0.1, 0.15) is 65.7 Å². The SMILES string of the molecule is Cc1ccsc1CN1CCc2nc([C@H]3CCCN3C(=O)C[C@H]3C=CCC3)[nH]c(=O)c2C1. The second-order valence-electron chi connectivity index (χ2n) is 9.08. The summed E-state index contributed by atoms with van der Waals surface area (Å²) in [7, 11) is 0. The fourth-order valence-corrected chi connectivity index (χ4v) is 6.07. The molecule has 0 aromatic carbocycles. The van der Waals surface area contributed by atoms with Gasteiger partial charge in [-0.25, -0.2) is 4.98 Å². The van der Waals surface area contributed by atoms with Crippen LogP contribution < -0.4 is 5.56 Å². The Morgan fingerprint density at radius 2 is 2.23 bits per heavy atom. The summed E-state index contributed by atoms with van der Waals surface area (Å²) in [6.45, 7) is 5.32. The zero-order chi connectivity index (χ0) is 21.4. The Bertz CT molecular complexity index is 1060. The molecule has 0 radical (unpaired) electrons. The number of thiophene rings is 1. The molecule has 0 saturated carbocycles. The number of hydrogen-bond donors (Lipinski definition) is 1. The van der Waals surface area contributed by atoms with Gasteiger partial charge in [-0.3, -0.25) is 14.5 Å². The molecule has 1 N–H and O–H groups in total. The van der Waals surface area contributed by atoms with Gasteiger partial charge in [-0.1, -0.05) is 12.2 Å². The molecule has 164 valence electrons. The van der Waals surface area contributed by atoms with Crippen LogP contribution >= 0.6 is 11.3 Å². The summed E-state index contributed by atoms with van der Waals surface area (Å²) >= 11 is 1.78. The lowest BCUT2D eigenvalue weighted by Gasteiger charge is -2.29. The molecule has 4 heterocycles. The highest BCUT2D eigenvalue weighted by molar-refractivity contribution is 7.10. The van der Waals surface area contributed by atoms with Gasteiger partial charge in [-0.05, 0) is 55.5 Å². The first-order valence-electron chi connectivity index (χ1n) is 11.4. The average molecular weight is 439 g/mol. The monoisotopic (exact) mass is 438 g/mol. The van der Waals surface area contributed by atoms with Gasteiger partial charge in [0.25, 0.3) is 5.56 Å². The van der Waals surface area contributed by atoms with Crippen LogP contribution in [-0.4, -0.2) is 38.8 Å². The third-order valence-corrected chi connectivity index (χ3v) is 7.95. The van der Waals surface area contributed by atoms with Crippen molar-refractivity contribution in [1.82, 2.24) is 19.8 Å². The molecule has 31 heavy (non-hydrogen) atoms. The van der Waals surface area contributed by atoms with E-state index >= 15 is 0 Å². The Balaban J connectivity index is 1.32. The molecule has 0 unspecified atom stereocenters. The minimum atomic E-state index is -0.0947. The van der Waals surface area contributed by atoms with Crippen LogP contribution in [0.5, 0.6) is 0 Å². The van der Waals surface area contributed by atoms with Crippen molar-refractivity contribution in [2.24, 2.45) is 5.92 Å². The summed E-state index contributed by atoms with van der Waals surface area (Å²) in [5.74, 6) is 1.23. The van der Waals surface area contributed by atoms with Crippen LogP contribution in [0.15, 0.2) is 28.4 Å². The fraction of sp³-hybridized carbons (Fsp3) is 0.542. The van der Waals surface area contributed by atoms with Crippen molar-refractivity contribution >= 4 is 17.2 Å². The molecule has 3 aliphatic rings. The van der Waals surface area contributed by atoms with Gasteiger partial charge in [-0.15, -0.1) is 11.3 Å². The van der Waals surface area contributed by atoms with E-state index < -0.39 is 0 Å². The van der Waals surface area contributed by atoms with Gasteiger partial charge in [0.2, 0.25) is 5.91 Å². The van der Waals surface area contributed by atoms with Crippen molar-refractivity contribution in [3.05, 3.63) is 61.5 Å². The summed E-state index contributed by atoms with van der Waals surface area (Å²) in [5.41, 5.74) is 2.98. The van der Waals surface area contributed by atoms with Gasteiger partial charge in [0, 0.05) is 43.9 Å². The number of rotatable bonds is 5. The molecule has 5 rings (SSSR count). The molecule has 1 fully saturated rings. The molecule has 2 aliphatic heterocycles. The quantitative estimate of drug-likeness (QED) is 0.723. The van der Waals surface area contributed by atoms with Crippen LogP contribution in [0, 0.1) is 12.8 Å². The number of aryl methyl sites for hydroxylation is 1. The Morgan fingerprint density at radius 1 is 1.32 bits per heavy atom. The summed E-state index contributed by atoms with van der Waals surface area (Å²) in [5, 5.41) is 2.13. The minimum Gasteiger partial charge on any atom is -0.332 e. The van der Waals surface area contributed by atoms with Gasteiger partial charge in [0.1, 0.15) is 5.82 Å². The predicted molar refractivity (Wildman–Crippen MR) is 122 cm³/mol. The number of aromatic amines is 1. The van der Waals surface area contributed by atoms with Crippen molar-refractivity contribution in [3.8, 4) is 0 Å². The highest BCUT2D eigenvalue weighted by atomic mass is 32.1. The van der Waals surface area contributed by atoms with Gasteiger partial charge >= 0.3 is 0 Å². The molecule has 2 atom stereocenters. The van der Waals surface area contributed by atoms with Crippen LogP contribution in [0.3, 0.4) is 0 Å². The van der Waals surface area contributed by atoms with E-state index in [0.717, 1.165) is 63.0 Å². The van der Waals surface area contributed by atoms with Crippen molar-refractivity contribution in [2.45, 2.75) is 64.6 Å². The number of amides is 1. The zero-order valence-electron chi connectivity index (χ0n) is 18.1. The summed E-state index contributed by atoms with van der Waals surface area (Å²) in [6, 6.07) is 2.05. The highest BCUT2D eigenvalue weighted by Crippen LogP contribution is 2.32. The third kappa shape index (κ3) is 4.26. The Morgan fingerprint density at radius 3 is 3.00 bits per heavy atom. The van der Waals surface area contributed by atoms with Crippen molar-refractivity contribution in [3.63, 3.8) is 0 Å². The lowest BCUT2D eigenvalue weighted by molar-refractivity contribution is -0.133. The van der Waals surface area contributed by atoms with E-state index in [1.165, 1.54) is 10.4 Å². The molecule has 1 saturated heterocycles. The molecule has 1 amide bonds. The second-order valence-corrected chi connectivity index (χ2v) is 10.1. The topological polar surface area (TPSA) is 69.3 Å². The first-order valence-corrected chi connectivity index (χ1v) is 12.3. The van der Waals surface area contributed by atoms with Crippen molar-refractivity contribution < 1.29 is 4.79 Å². The van der Waals surface area contributed by atoms with E-state index in [4.69, 9.17) is 4.98 Å². The lowest BCUT2D eigenvalue weighted by Crippen LogP contribution is -2.38. The number of nitrogens with one attached hydrogen (secondary N) is 1. The number of H-pyrrole nitrogens is 1. The van der Waals surface area contributed by atoms with E-state index in [2.05, 4.69) is 40.4 Å². The van der Waals surface area contributed by atoms with Crippen LogP contribution in [0.2, 0.25) is 0 Å². The molecule has 0 spiro atoms. The van der Waals surface area contributed by atoms with Crippen LogP contribution in [-0.2, 0) is 24.3 Å². The molecule has 2 aromatic rings. The minimum absolute atomic E-state index is 0.0365. The van der Waals surface area contributed by atoms with Crippen LogP contribution in [0.25, 0.3) is 0 Å². The lowest BCUT2D eigenvalue weighted by atomic mass is 10.0. The maximum Gasteiger partial charge on any atom is 0.255 e. The molecule has 6 nitrogen and oxygen atoms in total. The van der Waals surface area contributed by atoms with Gasteiger partial charge < -0.3 is 9.88 Å². The number of likely N-dealkylation sites (tertiary alicyclic amines) is 1. The maximum atomic E-state index is 13.0. The molecule has 2 aromatic heterocycles. The number of aromatic nitrogens is 2. The van der Waals surface area contributed by atoms with E-state index in [1.807, 2.05) is 4.90 Å². The first kappa shape index (κ1) is 20.6. The normalized spacial score (nSPS) is 23.5. The summed E-state index contributed by atoms with van der Waals surface area (Å²) in [4.78, 5) is 39.5. The van der Waals surface area contributed by atoms with E-state index in [0.29, 0.717) is 24.7 Å². The number of nitrogens with zero attached hydrogens (tertiary/aromatic N) is 3. The highest BCUT2D eigenvalue weighted by Gasteiger charge is 2.34. The molecule has 7 heteroatoms. The third-order valence-electron chi connectivity index (χ3n) is 6.94. The smallest absolute Gasteiger partial charge is 0.255 e. The average Bonchev–Trinajstić information content (AvgIpc) is 3.51. The molecule has 0 bridgehead atoms. The number of allylic oxidation sites excluding steroid dienone is 2. The van der Waals surface area contributed by atoms with E-state index in [-0.39, 0.29) is 17.5 Å².